The summed E-state index contributed by atoms with van der Waals surface area (Å²) in [5, 5.41) is 2.88. The van der Waals surface area contributed by atoms with E-state index < -0.39 is 11.2 Å². The molecule has 4 N–H and O–H groups in total. The number of hydrogen-bond donors (Lipinski definition) is 3. The van der Waals surface area contributed by atoms with Gasteiger partial charge in [0, 0.05) is 13.6 Å². The molecule has 0 aliphatic heterocycles. The highest BCUT2D eigenvalue weighted by Gasteiger charge is 2.08. The lowest BCUT2D eigenvalue weighted by Gasteiger charge is -2.11. The molecule has 0 atom stereocenters. The van der Waals surface area contributed by atoms with Gasteiger partial charge in [0.15, 0.2) is 0 Å². The van der Waals surface area contributed by atoms with Crippen LogP contribution in [0.2, 0.25) is 0 Å². The van der Waals surface area contributed by atoms with E-state index in [1.165, 1.54) is 11.6 Å². The monoisotopic (exact) mass is 290 g/mol. The van der Waals surface area contributed by atoms with E-state index in [1.807, 2.05) is 31.2 Å². The van der Waals surface area contributed by atoms with Crippen LogP contribution in [-0.4, -0.2) is 22.7 Å². The van der Waals surface area contributed by atoms with Crippen molar-refractivity contribution >= 4 is 11.5 Å². The summed E-state index contributed by atoms with van der Waals surface area (Å²) in [6.45, 7) is 2.74. The van der Waals surface area contributed by atoms with Gasteiger partial charge in [-0.2, -0.15) is 0 Å². The third kappa shape index (κ3) is 3.44. The molecule has 0 fully saturated rings. The van der Waals surface area contributed by atoms with Crippen molar-refractivity contribution in [2.75, 3.05) is 24.2 Å². The number of ether oxygens (including phenoxy) is 1. The van der Waals surface area contributed by atoms with Crippen molar-refractivity contribution in [2.24, 2.45) is 7.05 Å². The number of H-pyrrole nitrogens is 1. The van der Waals surface area contributed by atoms with Crippen LogP contribution in [0.5, 0.6) is 5.75 Å². The standard InChI is InChI=1S/C14H18N4O3/c1-9-4-3-5-10(8-9)21-7-6-16-11-12(15)18(2)14(20)17-13(11)19/h3-5,8,16H,6-7,15H2,1-2H3,(H,17,19,20). The molecule has 21 heavy (non-hydrogen) atoms. The molecule has 7 heteroatoms. The first-order valence-electron chi connectivity index (χ1n) is 6.51. The van der Waals surface area contributed by atoms with Crippen molar-refractivity contribution in [3.63, 3.8) is 0 Å². The average molecular weight is 290 g/mol. The molecular weight excluding hydrogens is 272 g/mol. The molecule has 0 amide bonds. The van der Waals surface area contributed by atoms with Crippen molar-refractivity contribution in [1.29, 1.82) is 0 Å². The fourth-order valence-electron chi connectivity index (χ4n) is 1.86. The summed E-state index contributed by atoms with van der Waals surface area (Å²) in [4.78, 5) is 25.2. The Hall–Kier alpha value is -2.70. The maximum Gasteiger partial charge on any atom is 0.329 e. The molecule has 2 aromatic rings. The summed E-state index contributed by atoms with van der Waals surface area (Å²) in [6, 6.07) is 7.68. The predicted molar refractivity (Wildman–Crippen MR) is 81.9 cm³/mol. The second-order valence-corrected chi connectivity index (χ2v) is 4.67. The number of nitrogen functional groups attached to an aromatic ring is 1. The fourth-order valence-corrected chi connectivity index (χ4v) is 1.86. The van der Waals surface area contributed by atoms with Gasteiger partial charge in [0.25, 0.3) is 5.56 Å². The third-order valence-corrected chi connectivity index (χ3v) is 3.03. The molecule has 7 nitrogen and oxygen atoms in total. The molecule has 0 aliphatic carbocycles. The van der Waals surface area contributed by atoms with Gasteiger partial charge in [-0.25, -0.2) is 4.79 Å². The Bertz CT molecular complexity index is 749. The van der Waals surface area contributed by atoms with E-state index >= 15 is 0 Å². The number of benzene rings is 1. The molecule has 1 heterocycles. The van der Waals surface area contributed by atoms with Crippen LogP contribution in [-0.2, 0) is 7.05 Å². The van der Waals surface area contributed by atoms with Gasteiger partial charge in [-0.1, -0.05) is 12.1 Å². The highest BCUT2D eigenvalue weighted by atomic mass is 16.5. The van der Waals surface area contributed by atoms with E-state index in [1.54, 1.807) is 0 Å². The predicted octanol–water partition coefficient (Wildman–Crippen LogP) is 0.455. The molecule has 0 spiro atoms. The highest BCUT2D eigenvalue weighted by molar-refractivity contribution is 5.60. The third-order valence-electron chi connectivity index (χ3n) is 3.03. The second-order valence-electron chi connectivity index (χ2n) is 4.67. The molecule has 1 aromatic carbocycles. The first-order valence-corrected chi connectivity index (χ1v) is 6.51. The molecule has 0 bridgehead atoms. The number of hydrogen-bond acceptors (Lipinski definition) is 5. The summed E-state index contributed by atoms with van der Waals surface area (Å²) in [5.41, 5.74) is 5.94. The Morgan fingerprint density at radius 3 is 2.86 bits per heavy atom. The van der Waals surface area contributed by atoms with Gasteiger partial charge in [-0.05, 0) is 24.6 Å². The number of rotatable bonds is 5. The van der Waals surface area contributed by atoms with Crippen LogP contribution >= 0.6 is 0 Å². The largest absolute Gasteiger partial charge is 0.492 e. The van der Waals surface area contributed by atoms with Crippen molar-refractivity contribution in [3.8, 4) is 5.75 Å². The van der Waals surface area contributed by atoms with E-state index in [0.29, 0.717) is 13.2 Å². The summed E-state index contributed by atoms with van der Waals surface area (Å²) in [7, 11) is 1.49. The number of nitrogens with zero attached hydrogens (tertiary/aromatic N) is 1. The molecule has 0 saturated carbocycles. The molecule has 112 valence electrons. The number of aryl methyl sites for hydroxylation is 1. The van der Waals surface area contributed by atoms with Crippen molar-refractivity contribution in [1.82, 2.24) is 9.55 Å². The van der Waals surface area contributed by atoms with E-state index in [0.717, 1.165) is 11.3 Å². The van der Waals surface area contributed by atoms with Gasteiger partial charge in [0.1, 0.15) is 23.9 Å². The number of anilines is 2. The van der Waals surface area contributed by atoms with Crippen LogP contribution < -0.4 is 27.0 Å². The maximum atomic E-state index is 11.7. The molecule has 0 unspecified atom stereocenters. The normalized spacial score (nSPS) is 10.4. The zero-order valence-electron chi connectivity index (χ0n) is 12.0. The Balaban J connectivity index is 1.97. The Morgan fingerprint density at radius 1 is 1.38 bits per heavy atom. The van der Waals surface area contributed by atoms with E-state index in [2.05, 4.69) is 10.3 Å². The lowest BCUT2D eigenvalue weighted by atomic mass is 10.2. The molecule has 0 radical (unpaired) electrons. The highest BCUT2D eigenvalue weighted by Crippen LogP contribution is 2.12. The SMILES string of the molecule is Cc1cccc(OCCNc2c(N)n(C)c(=O)[nH]c2=O)c1. The molecule has 0 saturated heterocycles. The minimum absolute atomic E-state index is 0.0966. The minimum Gasteiger partial charge on any atom is -0.492 e. The van der Waals surface area contributed by atoms with Gasteiger partial charge in [-0.15, -0.1) is 0 Å². The summed E-state index contributed by atoms with van der Waals surface area (Å²) >= 11 is 0. The van der Waals surface area contributed by atoms with Gasteiger partial charge in [0.2, 0.25) is 0 Å². The van der Waals surface area contributed by atoms with Crippen LogP contribution in [0.3, 0.4) is 0 Å². The zero-order chi connectivity index (χ0) is 15.4. The molecule has 2 rings (SSSR count). The van der Waals surface area contributed by atoms with Gasteiger partial charge in [-0.3, -0.25) is 14.3 Å². The quantitative estimate of drug-likeness (QED) is 0.694. The van der Waals surface area contributed by atoms with Gasteiger partial charge in [0.05, 0.1) is 0 Å². The second kappa shape index (κ2) is 6.17. The van der Waals surface area contributed by atoms with Gasteiger partial charge < -0.3 is 15.8 Å². The number of nitrogens with one attached hydrogen (secondary N) is 2. The Morgan fingerprint density at radius 2 is 2.14 bits per heavy atom. The number of aromatic amines is 1. The van der Waals surface area contributed by atoms with Crippen molar-refractivity contribution < 1.29 is 4.74 Å². The Labute approximate surface area is 121 Å². The van der Waals surface area contributed by atoms with Crippen LogP contribution in [0, 0.1) is 6.92 Å². The number of nitrogens with two attached hydrogens (primary N) is 1. The molecule has 1 aromatic heterocycles. The summed E-state index contributed by atoms with van der Waals surface area (Å²) in [5.74, 6) is 0.860. The lowest BCUT2D eigenvalue weighted by Crippen LogP contribution is -2.33. The number of aromatic nitrogens is 2. The van der Waals surface area contributed by atoms with Crippen molar-refractivity contribution in [2.45, 2.75) is 6.92 Å². The fraction of sp³-hybridized carbons (Fsp3) is 0.286. The Kier molecular flexibility index (Phi) is 4.32. The first kappa shape index (κ1) is 14.7. The van der Waals surface area contributed by atoms with Crippen molar-refractivity contribution in [3.05, 3.63) is 50.7 Å². The molecule has 0 aliphatic rings. The first-order chi connectivity index (χ1) is 9.99. The van der Waals surface area contributed by atoms with Gasteiger partial charge >= 0.3 is 5.69 Å². The van der Waals surface area contributed by atoms with Crippen LogP contribution in [0.4, 0.5) is 11.5 Å². The van der Waals surface area contributed by atoms with Crippen LogP contribution in [0.1, 0.15) is 5.56 Å². The van der Waals surface area contributed by atoms with E-state index in [9.17, 15) is 9.59 Å². The maximum absolute atomic E-state index is 11.7. The van der Waals surface area contributed by atoms with Crippen LogP contribution in [0.15, 0.2) is 33.9 Å². The molecular formula is C14H18N4O3. The van der Waals surface area contributed by atoms with E-state index in [4.69, 9.17) is 10.5 Å². The lowest BCUT2D eigenvalue weighted by molar-refractivity contribution is 0.332. The summed E-state index contributed by atoms with van der Waals surface area (Å²) in [6.07, 6.45) is 0. The minimum atomic E-state index is -0.543. The van der Waals surface area contributed by atoms with E-state index in [-0.39, 0.29) is 11.5 Å². The smallest absolute Gasteiger partial charge is 0.329 e. The average Bonchev–Trinajstić information content (AvgIpc) is 2.44. The van der Waals surface area contributed by atoms with Crippen LogP contribution in [0.25, 0.3) is 0 Å². The topological polar surface area (TPSA) is 102 Å². The summed E-state index contributed by atoms with van der Waals surface area (Å²) < 4.78 is 6.73. The zero-order valence-corrected chi connectivity index (χ0v) is 12.0.